The van der Waals surface area contributed by atoms with Crippen molar-refractivity contribution in [1.82, 2.24) is 14.9 Å². The molecule has 3 rings (SSSR count). The number of likely N-dealkylation sites (tertiary alicyclic amines) is 1. The van der Waals surface area contributed by atoms with E-state index < -0.39 is 6.04 Å². The molecule has 7 heteroatoms. The van der Waals surface area contributed by atoms with Gasteiger partial charge < -0.3 is 5.32 Å². The standard InChI is InChI=1S/C13H14N4O2S/c1-3-9-15-11(7-4-5-20-12(7)16-9)14-8-6-10(18)17(2)13(8)19/h4-5,8H,3,6H2,1-2H3,(H,14,15,16). The highest BCUT2D eigenvalue weighted by molar-refractivity contribution is 7.16. The highest BCUT2D eigenvalue weighted by Crippen LogP contribution is 2.27. The van der Waals surface area contributed by atoms with Crippen molar-refractivity contribution in [2.24, 2.45) is 0 Å². The van der Waals surface area contributed by atoms with Crippen LogP contribution in [0.1, 0.15) is 19.2 Å². The lowest BCUT2D eigenvalue weighted by atomic mass is 10.2. The molecule has 1 unspecified atom stereocenters. The second-order valence-corrected chi connectivity index (χ2v) is 5.57. The van der Waals surface area contributed by atoms with Crippen molar-refractivity contribution in [3.05, 3.63) is 17.3 Å². The topological polar surface area (TPSA) is 75.2 Å². The number of aromatic nitrogens is 2. The molecule has 0 saturated carbocycles. The third-order valence-electron chi connectivity index (χ3n) is 3.38. The van der Waals surface area contributed by atoms with Gasteiger partial charge in [-0.2, -0.15) is 0 Å². The fourth-order valence-corrected chi connectivity index (χ4v) is 2.98. The van der Waals surface area contributed by atoms with Crippen LogP contribution in [-0.4, -0.2) is 39.8 Å². The Morgan fingerprint density at radius 2 is 2.25 bits per heavy atom. The zero-order valence-corrected chi connectivity index (χ0v) is 12.0. The maximum absolute atomic E-state index is 12.0. The molecule has 2 amide bonds. The van der Waals surface area contributed by atoms with Gasteiger partial charge in [-0.05, 0) is 11.4 Å². The van der Waals surface area contributed by atoms with Crippen LogP contribution in [0.25, 0.3) is 10.2 Å². The molecular weight excluding hydrogens is 276 g/mol. The number of anilines is 1. The maximum atomic E-state index is 12.0. The van der Waals surface area contributed by atoms with Crippen LogP contribution in [0.3, 0.4) is 0 Å². The number of nitrogens with zero attached hydrogens (tertiary/aromatic N) is 3. The molecule has 1 aliphatic rings. The summed E-state index contributed by atoms with van der Waals surface area (Å²) in [5.41, 5.74) is 0. The molecule has 2 aromatic rings. The number of hydrogen-bond donors (Lipinski definition) is 1. The molecule has 0 aromatic carbocycles. The van der Waals surface area contributed by atoms with Crippen LogP contribution in [0.5, 0.6) is 0 Å². The summed E-state index contributed by atoms with van der Waals surface area (Å²) >= 11 is 1.54. The smallest absolute Gasteiger partial charge is 0.251 e. The molecule has 2 aromatic heterocycles. The normalized spacial score (nSPS) is 19.1. The number of carbonyl (C=O) groups is 2. The molecule has 6 nitrogen and oxygen atoms in total. The van der Waals surface area contributed by atoms with E-state index in [0.29, 0.717) is 5.82 Å². The van der Waals surface area contributed by atoms with Gasteiger partial charge in [0.25, 0.3) is 5.91 Å². The molecule has 1 atom stereocenters. The van der Waals surface area contributed by atoms with E-state index in [1.165, 1.54) is 18.4 Å². The highest BCUT2D eigenvalue weighted by atomic mass is 32.1. The summed E-state index contributed by atoms with van der Waals surface area (Å²) in [6, 6.07) is 1.39. The number of amides is 2. The van der Waals surface area contributed by atoms with Crippen molar-refractivity contribution < 1.29 is 9.59 Å². The third-order valence-corrected chi connectivity index (χ3v) is 4.19. The first-order valence-corrected chi connectivity index (χ1v) is 7.29. The first-order valence-electron chi connectivity index (χ1n) is 6.41. The molecule has 20 heavy (non-hydrogen) atoms. The van der Waals surface area contributed by atoms with Gasteiger partial charge in [0.15, 0.2) is 0 Å². The molecule has 1 N–H and O–H groups in total. The molecule has 0 spiro atoms. The Morgan fingerprint density at radius 1 is 1.45 bits per heavy atom. The summed E-state index contributed by atoms with van der Waals surface area (Å²) < 4.78 is 0. The Kier molecular flexibility index (Phi) is 3.13. The number of aryl methyl sites for hydroxylation is 1. The van der Waals surface area contributed by atoms with Crippen LogP contribution >= 0.6 is 11.3 Å². The van der Waals surface area contributed by atoms with E-state index in [1.54, 1.807) is 0 Å². The van der Waals surface area contributed by atoms with Crippen molar-refractivity contribution in [3.63, 3.8) is 0 Å². The van der Waals surface area contributed by atoms with Crippen molar-refractivity contribution >= 4 is 39.2 Å². The quantitative estimate of drug-likeness (QED) is 0.865. The van der Waals surface area contributed by atoms with Crippen LogP contribution in [-0.2, 0) is 16.0 Å². The molecule has 1 aliphatic heterocycles. The minimum Gasteiger partial charge on any atom is -0.357 e. The van der Waals surface area contributed by atoms with Gasteiger partial charge in [0.1, 0.15) is 22.5 Å². The van der Waals surface area contributed by atoms with Gasteiger partial charge >= 0.3 is 0 Å². The number of nitrogens with one attached hydrogen (secondary N) is 1. The Bertz CT molecular complexity index is 697. The summed E-state index contributed by atoms with van der Waals surface area (Å²) in [7, 11) is 1.50. The Balaban J connectivity index is 1.96. The predicted octanol–water partition coefficient (Wildman–Crippen LogP) is 1.42. The van der Waals surface area contributed by atoms with E-state index in [4.69, 9.17) is 0 Å². The number of likely N-dealkylation sites (N-methyl/N-ethyl adjacent to an activating group) is 1. The van der Waals surface area contributed by atoms with Crippen molar-refractivity contribution in [2.75, 3.05) is 12.4 Å². The van der Waals surface area contributed by atoms with E-state index in [0.717, 1.165) is 27.4 Å². The Morgan fingerprint density at radius 3 is 2.90 bits per heavy atom. The van der Waals surface area contributed by atoms with Gasteiger partial charge in [-0.15, -0.1) is 11.3 Å². The summed E-state index contributed by atoms with van der Waals surface area (Å²) in [4.78, 5) is 34.4. The molecule has 0 aliphatic carbocycles. The van der Waals surface area contributed by atoms with Crippen LogP contribution < -0.4 is 5.32 Å². The van der Waals surface area contributed by atoms with Gasteiger partial charge in [0.05, 0.1) is 11.8 Å². The largest absolute Gasteiger partial charge is 0.357 e. The van der Waals surface area contributed by atoms with Crippen LogP contribution in [0.15, 0.2) is 11.4 Å². The van der Waals surface area contributed by atoms with Crippen LogP contribution in [0.4, 0.5) is 5.82 Å². The monoisotopic (exact) mass is 290 g/mol. The highest BCUT2D eigenvalue weighted by Gasteiger charge is 2.36. The number of fused-ring (bicyclic) bond motifs is 1. The first-order chi connectivity index (χ1) is 9.60. The van der Waals surface area contributed by atoms with Crippen molar-refractivity contribution in [3.8, 4) is 0 Å². The van der Waals surface area contributed by atoms with Gasteiger partial charge in [0.2, 0.25) is 5.91 Å². The molecular formula is C13H14N4O2S. The van der Waals surface area contributed by atoms with Gasteiger partial charge in [0, 0.05) is 13.5 Å². The summed E-state index contributed by atoms with van der Waals surface area (Å²) in [6.45, 7) is 1.98. The summed E-state index contributed by atoms with van der Waals surface area (Å²) in [5.74, 6) is 0.982. The lowest BCUT2D eigenvalue weighted by Gasteiger charge is -2.13. The van der Waals surface area contributed by atoms with E-state index in [2.05, 4.69) is 15.3 Å². The van der Waals surface area contributed by atoms with E-state index in [-0.39, 0.29) is 18.2 Å². The lowest BCUT2D eigenvalue weighted by Crippen LogP contribution is -2.32. The zero-order chi connectivity index (χ0) is 14.3. The average molecular weight is 290 g/mol. The Labute approximate surface area is 119 Å². The van der Waals surface area contributed by atoms with E-state index in [1.807, 2.05) is 18.4 Å². The van der Waals surface area contributed by atoms with Gasteiger partial charge in [-0.25, -0.2) is 9.97 Å². The van der Waals surface area contributed by atoms with Gasteiger partial charge in [-0.3, -0.25) is 14.5 Å². The average Bonchev–Trinajstić information content (AvgIpc) is 3.00. The molecule has 0 radical (unpaired) electrons. The second kappa shape index (κ2) is 4.82. The second-order valence-electron chi connectivity index (χ2n) is 4.67. The number of imide groups is 1. The molecule has 0 bridgehead atoms. The number of hydrogen-bond acceptors (Lipinski definition) is 6. The molecule has 104 valence electrons. The summed E-state index contributed by atoms with van der Waals surface area (Å²) in [5, 5.41) is 5.93. The van der Waals surface area contributed by atoms with E-state index in [9.17, 15) is 9.59 Å². The minimum absolute atomic E-state index is 0.168. The molecule has 1 fully saturated rings. The fourth-order valence-electron chi connectivity index (χ4n) is 2.20. The maximum Gasteiger partial charge on any atom is 0.251 e. The first kappa shape index (κ1) is 13.0. The lowest BCUT2D eigenvalue weighted by molar-refractivity contribution is -0.136. The number of carbonyl (C=O) groups excluding carboxylic acids is 2. The minimum atomic E-state index is -0.532. The third kappa shape index (κ3) is 2.03. The van der Waals surface area contributed by atoms with Crippen LogP contribution in [0.2, 0.25) is 0 Å². The predicted molar refractivity (Wildman–Crippen MR) is 76.6 cm³/mol. The summed E-state index contributed by atoms with van der Waals surface area (Å²) in [6.07, 6.45) is 0.895. The number of thiophene rings is 1. The van der Waals surface area contributed by atoms with Gasteiger partial charge in [-0.1, -0.05) is 6.92 Å². The zero-order valence-electron chi connectivity index (χ0n) is 11.2. The van der Waals surface area contributed by atoms with Crippen molar-refractivity contribution in [2.45, 2.75) is 25.8 Å². The fraction of sp³-hybridized carbons (Fsp3) is 0.385. The Hall–Kier alpha value is -2.02. The molecule has 1 saturated heterocycles. The molecule has 3 heterocycles. The van der Waals surface area contributed by atoms with Crippen molar-refractivity contribution in [1.29, 1.82) is 0 Å². The van der Waals surface area contributed by atoms with Crippen LogP contribution in [0, 0.1) is 0 Å². The number of rotatable bonds is 3. The van der Waals surface area contributed by atoms with E-state index >= 15 is 0 Å². The SMILES string of the molecule is CCc1nc(NC2CC(=O)N(C)C2=O)c2ccsc2n1.